The van der Waals surface area contributed by atoms with E-state index in [0.717, 1.165) is 6.07 Å². The number of amides is 3. The summed E-state index contributed by atoms with van der Waals surface area (Å²) >= 11 is 0. The number of H-pyrrole nitrogens is 1. The topological polar surface area (TPSA) is 130 Å². The summed E-state index contributed by atoms with van der Waals surface area (Å²) < 4.78 is 35.4. The smallest absolute Gasteiger partial charge is 0.410 e. The fourth-order valence-corrected chi connectivity index (χ4v) is 4.06. The molecule has 2 N–H and O–H groups in total. The summed E-state index contributed by atoms with van der Waals surface area (Å²) in [6.07, 6.45) is 3.02. The molecule has 3 aromatic rings. The number of imidazole rings is 1. The molecule has 2 aromatic heterocycles. The van der Waals surface area contributed by atoms with Crippen molar-refractivity contribution < 1.29 is 27.9 Å². The number of aromatic nitrogens is 3. The number of ether oxygens (including phenoxy) is 1. The maximum Gasteiger partial charge on any atom is 0.410 e. The van der Waals surface area contributed by atoms with Gasteiger partial charge in [-0.05, 0) is 43.4 Å². The normalized spacial score (nSPS) is 12.1. The van der Waals surface area contributed by atoms with Crippen LogP contribution >= 0.6 is 0 Å². The molecule has 0 fully saturated rings. The molecule has 0 aliphatic heterocycles. The van der Waals surface area contributed by atoms with Gasteiger partial charge in [-0.3, -0.25) is 14.4 Å². The van der Waals surface area contributed by atoms with Gasteiger partial charge in [-0.1, -0.05) is 19.9 Å². The second kappa shape index (κ2) is 13.9. The van der Waals surface area contributed by atoms with E-state index in [1.165, 1.54) is 46.8 Å². The maximum absolute atomic E-state index is 14.5. The van der Waals surface area contributed by atoms with Crippen LogP contribution in [0.5, 0.6) is 0 Å². The molecule has 226 valence electrons. The lowest BCUT2D eigenvalue weighted by Crippen LogP contribution is -2.37. The van der Waals surface area contributed by atoms with Crippen LogP contribution in [0.4, 0.5) is 19.3 Å². The molecule has 0 saturated heterocycles. The van der Waals surface area contributed by atoms with Crippen molar-refractivity contribution in [2.75, 3.05) is 33.5 Å². The SMILES string of the molecule is CC(C)Cc1c(F)c(F)cc2[nH]c(Cn3cccc(NC(=O)C(CCC=CC(=O)N(C)C)OC(=O)N(C)C)c3=O)nc12. The molecular formula is C29H36F2N6O5. The molecule has 13 heteroatoms. The Labute approximate surface area is 242 Å². The molecule has 42 heavy (non-hydrogen) atoms. The zero-order valence-electron chi connectivity index (χ0n) is 24.5. The summed E-state index contributed by atoms with van der Waals surface area (Å²) in [5.74, 6) is -2.53. The van der Waals surface area contributed by atoms with E-state index < -0.39 is 35.3 Å². The lowest BCUT2D eigenvalue weighted by Gasteiger charge is -2.19. The number of anilines is 1. The molecule has 0 spiro atoms. The van der Waals surface area contributed by atoms with Crippen LogP contribution in [-0.2, 0) is 27.3 Å². The Morgan fingerprint density at radius 3 is 2.52 bits per heavy atom. The number of hydrogen-bond acceptors (Lipinski definition) is 6. The number of halogens is 2. The van der Waals surface area contributed by atoms with Gasteiger partial charge in [-0.25, -0.2) is 18.6 Å². The van der Waals surface area contributed by atoms with Crippen LogP contribution < -0.4 is 10.9 Å². The molecule has 0 saturated carbocycles. The van der Waals surface area contributed by atoms with Crippen molar-refractivity contribution in [1.82, 2.24) is 24.3 Å². The monoisotopic (exact) mass is 586 g/mol. The largest absolute Gasteiger partial charge is 0.436 e. The minimum absolute atomic E-state index is 0.0601. The van der Waals surface area contributed by atoms with E-state index >= 15 is 0 Å². The fourth-order valence-electron chi connectivity index (χ4n) is 4.06. The van der Waals surface area contributed by atoms with Crippen molar-refractivity contribution in [3.63, 3.8) is 0 Å². The first-order valence-electron chi connectivity index (χ1n) is 13.4. The molecule has 3 rings (SSSR count). The van der Waals surface area contributed by atoms with Crippen LogP contribution in [0.2, 0.25) is 0 Å². The highest BCUT2D eigenvalue weighted by atomic mass is 19.2. The van der Waals surface area contributed by atoms with Crippen LogP contribution in [0, 0.1) is 17.6 Å². The van der Waals surface area contributed by atoms with Gasteiger partial charge in [0.2, 0.25) is 5.91 Å². The maximum atomic E-state index is 14.5. The number of benzene rings is 1. The van der Waals surface area contributed by atoms with Gasteiger partial charge in [0.05, 0.1) is 17.6 Å². The van der Waals surface area contributed by atoms with Crippen LogP contribution in [0.25, 0.3) is 11.0 Å². The number of allylic oxidation sites excluding steroid dienone is 1. The van der Waals surface area contributed by atoms with E-state index in [1.807, 2.05) is 13.8 Å². The van der Waals surface area contributed by atoms with Crippen LogP contribution in [-0.4, -0.2) is 76.5 Å². The Balaban J connectivity index is 1.82. The van der Waals surface area contributed by atoms with Gasteiger partial charge in [-0.2, -0.15) is 0 Å². The predicted molar refractivity (Wildman–Crippen MR) is 154 cm³/mol. The highest BCUT2D eigenvalue weighted by molar-refractivity contribution is 5.95. The molecule has 1 unspecified atom stereocenters. The first-order valence-corrected chi connectivity index (χ1v) is 13.4. The lowest BCUT2D eigenvalue weighted by molar-refractivity contribution is -0.125. The summed E-state index contributed by atoms with van der Waals surface area (Å²) in [6.45, 7) is 3.71. The van der Waals surface area contributed by atoms with Gasteiger partial charge < -0.3 is 29.4 Å². The number of pyridine rings is 1. The van der Waals surface area contributed by atoms with Gasteiger partial charge in [0.1, 0.15) is 11.5 Å². The van der Waals surface area contributed by atoms with E-state index in [4.69, 9.17) is 4.74 Å². The summed E-state index contributed by atoms with van der Waals surface area (Å²) in [4.78, 5) is 60.2. The molecule has 3 amide bonds. The predicted octanol–water partition coefficient (Wildman–Crippen LogP) is 3.68. The number of fused-ring (bicyclic) bond motifs is 1. The number of aromatic amines is 1. The van der Waals surface area contributed by atoms with Crippen LogP contribution in [0.3, 0.4) is 0 Å². The average Bonchev–Trinajstić information content (AvgIpc) is 3.31. The Kier molecular flexibility index (Phi) is 10.6. The molecule has 0 aliphatic rings. The molecule has 1 atom stereocenters. The van der Waals surface area contributed by atoms with Gasteiger partial charge in [0.15, 0.2) is 17.7 Å². The van der Waals surface area contributed by atoms with Crippen molar-refractivity contribution in [3.05, 3.63) is 69.9 Å². The van der Waals surface area contributed by atoms with Gasteiger partial charge in [0.25, 0.3) is 11.5 Å². The van der Waals surface area contributed by atoms with Crippen molar-refractivity contribution in [2.24, 2.45) is 5.92 Å². The number of carbonyl (C=O) groups excluding carboxylic acids is 3. The third-order valence-electron chi connectivity index (χ3n) is 6.22. The fraction of sp³-hybridized carbons (Fsp3) is 0.414. The minimum atomic E-state index is -1.24. The van der Waals surface area contributed by atoms with Gasteiger partial charge in [0, 0.05) is 46.0 Å². The first kappa shape index (κ1) is 32.0. The summed E-state index contributed by atoms with van der Waals surface area (Å²) in [7, 11) is 6.14. The van der Waals surface area contributed by atoms with E-state index in [2.05, 4.69) is 15.3 Å². The molecular weight excluding hydrogens is 550 g/mol. The van der Waals surface area contributed by atoms with E-state index in [-0.39, 0.29) is 48.9 Å². The summed E-state index contributed by atoms with van der Waals surface area (Å²) in [5.41, 5.74) is 0.127. The molecule has 0 aliphatic carbocycles. The Morgan fingerprint density at radius 2 is 1.88 bits per heavy atom. The highest BCUT2D eigenvalue weighted by Crippen LogP contribution is 2.25. The molecule has 0 radical (unpaired) electrons. The average molecular weight is 587 g/mol. The minimum Gasteiger partial charge on any atom is -0.436 e. The zero-order valence-corrected chi connectivity index (χ0v) is 24.5. The van der Waals surface area contributed by atoms with Crippen LogP contribution in [0.1, 0.15) is 38.1 Å². The van der Waals surface area contributed by atoms with Crippen molar-refractivity contribution in [1.29, 1.82) is 0 Å². The number of likely N-dealkylation sites (N-methyl/N-ethyl adjacent to an activating group) is 1. The van der Waals surface area contributed by atoms with Crippen molar-refractivity contribution in [3.8, 4) is 0 Å². The molecule has 11 nitrogen and oxygen atoms in total. The van der Waals surface area contributed by atoms with Gasteiger partial charge >= 0.3 is 6.09 Å². The Bertz CT molecular complexity index is 1540. The second-order valence-corrected chi connectivity index (χ2v) is 10.7. The number of hydrogen-bond donors (Lipinski definition) is 2. The molecule has 1 aromatic carbocycles. The first-order chi connectivity index (χ1) is 19.8. The third kappa shape index (κ3) is 8.02. The number of carbonyl (C=O) groups is 3. The standard InChI is InChI=1S/C29H36F2N6O5/c1-17(2)14-18-25(31)19(30)15-21-26(18)34-23(32-21)16-37-13-9-10-20(28(37)40)33-27(39)22(42-29(41)36(5)6)11-7-8-12-24(38)35(3)4/h8-10,12-13,15,17,22H,7,11,14,16H2,1-6H3,(H,32,34)(H,33,39). The van der Waals surface area contributed by atoms with Crippen LogP contribution in [0.15, 0.2) is 41.3 Å². The number of nitrogens with zero attached hydrogens (tertiary/aromatic N) is 4. The highest BCUT2D eigenvalue weighted by Gasteiger charge is 2.25. The Hall–Kier alpha value is -4.55. The van der Waals surface area contributed by atoms with Gasteiger partial charge in [-0.15, -0.1) is 0 Å². The zero-order chi connectivity index (χ0) is 31.1. The lowest BCUT2D eigenvalue weighted by atomic mass is 10.0. The molecule has 2 heterocycles. The Morgan fingerprint density at radius 1 is 1.17 bits per heavy atom. The summed E-state index contributed by atoms with van der Waals surface area (Å²) in [5, 5.41) is 2.52. The van der Waals surface area contributed by atoms with E-state index in [0.29, 0.717) is 16.9 Å². The van der Waals surface area contributed by atoms with Crippen molar-refractivity contribution >= 4 is 34.6 Å². The quantitative estimate of drug-likeness (QED) is 0.330. The van der Waals surface area contributed by atoms with E-state index in [9.17, 15) is 28.0 Å². The summed E-state index contributed by atoms with van der Waals surface area (Å²) in [6, 6.07) is 3.98. The molecule has 0 bridgehead atoms. The number of rotatable bonds is 11. The number of nitrogens with one attached hydrogen (secondary N) is 2. The second-order valence-electron chi connectivity index (χ2n) is 10.7. The van der Waals surface area contributed by atoms with E-state index in [1.54, 1.807) is 26.2 Å². The third-order valence-corrected chi connectivity index (χ3v) is 6.22. The van der Waals surface area contributed by atoms with Crippen molar-refractivity contribution in [2.45, 2.75) is 45.8 Å².